The third-order valence-electron chi connectivity index (χ3n) is 3.51. The molecule has 0 aliphatic heterocycles. The molecule has 0 saturated carbocycles. The number of aryl methyl sites for hydroxylation is 1. The predicted octanol–water partition coefficient (Wildman–Crippen LogP) is 5.91. The van der Waals surface area contributed by atoms with Gasteiger partial charge in [0, 0.05) is 36.6 Å². The summed E-state index contributed by atoms with van der Waals surface area (Å²) in [6, 6.07) is 1.98. The molecule has 4 nitrogen and oxygen atoms in total. The van der Waals surface area contributed by atoms with E-state index in [1.165, 1.54) is 5.56 Å². The molecule has 0 unspecified atom stereocenters. The van der Waals surface area contributed by atoms with Crippen LogP contribution in [-0.4, -0.2) is 19.9 Å². The zero-order valence-electron chi connectivity index (χ0n) is 17.5. The molecule has 0 N–H and O–H groups in total. The lowest BCUT2D eigenvalue weighted by Gasteiger charge is -2.06. The summed E-state index contributed by atoms with van der Waals surface area (Å²) < 4.78 is 0. The Morgan fingerprint density at radius 2 is 1.36 bits per heavy atom. The highest BCUT2D eigenvalue weighted by Crippen LogP contribution is 2.13. The van der Waals surface area contributed by atoms with Crippen molar-refractivity contribution in [2.75, 3.05) is 0 Å². The monoisotopic (exact) mass is 344 g/mol. The van der Waals surface area contributed by atoms with E-state index in [-0.39, 0.29) is 0 Å². The third-order valence-corrected chi connectivity index (χ3v) is 3.51. The minimum atomic E-state index is 0.422. The van der Waals surface area contributed by atoms with E-state index >= 15 is 0 Å². The first-order chi connectivity index (χ1) is 11.8. The van der Waals surface area contributed by atoms with Crippen LogP contribution in [0.1, 0.15) is 103 Å². The maximum atomic E-state index is 4.38. The molecule has 0 spiro atoms. The summed E-state index contributed by atoms with van der Waals surface area (Å²) in [5.74, 6) is 3.32. The standard InChI is InChI=1S/C10H16N2.C9H14N2.C2H6/c1-7(2)9-5-11-10(8(3)4)12-6-9;1-4-9-10-6-5-8(11-9)7(2)3;1-2/h5-8H,1-4H3;5-7H,4H2,1-3H3;1-2H3. The maximum Gasteiger partial charge on any atom is 0.130 e. The summed E-state index contributed by atoms with van der Waals surface area (Å²) in [6.45, 7) is 18.8. The second-order valence-corrected chi connectivity index (χ2v) is 6.59. The zero-order chi connectivity index (χ0) is 19.4. The maximum absolute atomic E-state index is 4.38. The first-order valence-corrected chi connectivity index (χ1v) is 9.48. The van der Waals surface area contributed by atoms with Gasteiger partial charge < -0.3 is 0 Å². The van der Waals surface area contributed by atoms with Gasteiger partial charge in [0.1, 0.15) is 11.6 Å². The lowest BCUT2D eigenvalue weighted by atomic mass is 10.1. The van der Waals surface area contributed by atoms with Crippen LogP contribution in [0.3, 0.4) is 0 Å². The molecule has 0 amide bonds. The Morgan fingerprint density at radius 1 is 0.800 bits per heavy atom. The third kappa shape index (κ3) is 8.71. The van der Waals surface area contributed by atoms with Gasteiger partial charge in [-0.2, -0.15) is 0 Å². The highest BCUT2D eigenvalue weighted by Gasteiger charge is 2.03. The average molecular weight is 345 g/mol. The molecule has 0 fully saturated rings. The first-order valence-electron chi connectivity index (χ1n) is 9.48. The smallest absolute Gasteiger partial charge is 0.130 e. The number of rotatable bonds is 4. The van der Waals surface area contributed by atoms with Crippen LogP contribution in [0.15, 0.2) is 24.7 Å². The lowest BCUT2D eigenvalue weighted by Crippen LogP contribution is -1.99. The van der Waals surface area contributed by atoms with Gasteiger partial charge in [-0.3, -0.25) is 0 Å². The number of hydrogen-bond donors (Lipinski definition) is 0. The summed E-state index contributed by atoms with van der Waals surface area (Å²) >= 11 is 0. The highest BCUT2D eigenvalue weighted by molar-refractivity contribution is 5.10. The van der Waals surface area contributed by atoms with E-state index in [1.807, 2.05) is 38.5 Å². The van der Waals surface area contributed by atoms with Crippen LogP contribution in [-0.2, 0) is 6.42 Å². The molecule has 2 rings (SSSR count). The van der Waals surface area contributed by atoms with Gasteiger partial charge >= 0.3 is 0 Å². The van der Waals surface area contributed by atoms with Crippen LogP contribution < -0.4 is 0 Å². The Balaban J connectivity index is 0.000000421. The minimum absolute atomic E-state index is 0.422. The van der Waals surface area contributed by atoms with Gasteiger partial charge in [0.15, 0.2) is 0 Å². The van der Waals surface area contributed by atoms with Crippen molar-refractivity contribution in [3.8, 4) is 0 Å². The Labute approximate surface area is 154 Å². The van der Waals surface area contributed by atoms with E-state index in [0.717, 1.165) is 23.8 Å². The molecular formula is C21H36N4. The van der Waals surface area contributed by atoms with E-state index in [0.29, 0.717) is 17.8 Å². The summed E-state index contributed by atoms with van der Waals surface area (Å²) in [5, 5.41) is 0. The number of nitrogens with zero attached hydrogens (tertiary/aromatic N) is 4. The molecule has 0 aliphatic rings. The van der Waals surface area contributed by atoms with Crippen molar-refractivity contribution < 1.29 is 0 Å². The fraction of sp³-hybridized carbons (Fsp3) is 0.619. The Kier molecular flexibility index (Phi) is 11.6. The van der Waals surface area contributed by atoms with E-state index < -0.39 is 0 Å². The van der Waals surface area contributed by atoms with Crippen molar-refractivity contribution in [2.45, 2.75) is 86.5 Å². The molecule has 25 heavy (non-hydrogen) atoms. The van der Waals surface area contributed by atoms with Crippen LogP contribution >= 0.6 is 0 Å². The molecule has 0 bridgehead atoms. The van der Waals surface area contributed by atoms with Gasteiger partial charge in [0.05, 0.1) is 0 Å². The number of hydrogen-bond acceptors (Lipinski definition) is 4. The molecule has 4 heteroatoms. The quantitative estimate of drug-likeness (QED) is 0.691. The largest absolute Gasteiger partial charge is 0.241 e. The van der Waals surface area contributed by atoms with E-state index in [2.05, 4.69) is 68.4 Å². The normalized spacial score (nSPS) is 10.2. The fourth-order valence-corrected chi connectivity index (χ4v) is 1.85. The van der Waals surface area contributed by atoms with Gasteiger partial charge in [0.2, 0.25) is 0 Å². The number of aromatic nitrogens is 4. The minimum Gasteiger partial charge on any atom is -0.241 e. The van der Waals surface area contributed by atoms with Crippen molar-refractivity contribution in [1.29, 1.82) is 0 Å². The summed E-state index contributed by atoms with van der Waals surface area (Å²) in [6.07, 6.45) is 6.60. The van der Waals surface area contributed by atoms with Crippen LogP contribution in [0.2, 0.25) is 0 Å². The summed E-state index contributed by atoms with van der Waals surface area (Å²) in [5.41, 5.74) is 2.34. The SMILES string of the molecule is CC.CC(C)c1cnc(C(C)C)nc1.CCc1nccc(C(C)C)n1. The van der Waals surface area contributed by atoms with Crippen LogP contribution in [0.25, 0.3) is 0 Å². The van der Waals surface area contributed by atoms with Crippen molar-refractivity contribution in [3.63, 3.8) is 0 Å². The van der Waals surface area contributed by atoms with E-state index in [9.17, 15) is 0 Å². The fourth-order valence-electron chi connectivity index (χ4n) is 1.85. The first kappa shape index (κ1) is 23.2. The highest BCUT2D eigenvalue weighted by atomic mass is 14.9. The van der Waals surface area contributed by atoms with Gasteiger partial charge in [-0.1, -0.05) is 62.3 Å². The topological polar surface area (TPSA) is 51.6 Å². The molecule has 140 valence electrons. The Morgan fingerprint density at radius 3 is 1.76 bits per heavy atom. The Hall–Kier alpha value is -1.84. The molecule has 0 aliphatic carbocycles. The second kappa shape index (κ2) is 12.5. The zero-order valence-corrected chi connectivity index (χ0v) is 17.5. The van der Waals surface area contributed by atoms with Crippen LogP contribution in [0.4, 0.5) is 0 Å². The van der Waals surface area contributed by atoms with Crippen molar-refractivity contribution in [1.82, 2.24) is 19.9 Å². The van der Waals surface area contributed by atoms with Crippen molar-refractivity contribution >= 4 is 0 Å². The van der Waals surface area contributed by atoms with Crippen molar-refractivity contribution in [2.24, 2.45) is 0 Å². The molecule has 2 aromatic rings. The van der Waals surface area contributed by atoms with Gasteiger partial charge in [-0.25, -0.2) is 19.9 Å². The lowest BCUT2D eigenvalue weighted by molar-refractivity contribution is 0.754. The van der Waals surface area contributed by atoms with Gasteiger partial charge in [-0.05, 0) is 23.5 Å². The molecular weight excluding hydrogens is 308 g/mol. The van der Waals surface area contributed by atoms with E-state index in [4.69, 9.17) is 0 Å². The van der Waals surface area contributed by atoms with Crippen LogP contribution in [0.5, 0.6) is 0 Å². The molecule has 0 radical (unpaired) electrons. The molecule has 0 aromatic carbocycles. The average Bonchev–Trinajstić information content (AvgIpc) is 2.64. The summed E-state index contributed by atoms with van der Waals surface area (Å²) in [4.78, 5) is 17.1. The molecule has 0 saturated heterocycles. The van der Waals surface area contributed by atoms with Crippen molar-refractivity contribution in [3.05, 3.63) is 47.6 Å². The Bertz CT molecular complexity index is 548. The van der Waals surface area contributed by atoms with E-state index in [1.54, 1.807) is 0 Å². The second-order valence-electron chi connectivity index (χ2n) is 6.59. The predicted molar refractivity (Wildman–Crippen MR) is 107 cm³/mol. The molecule has 2 heterocycles. The van der Waals surface area contributed by atoms with Crippen LogP contribution in [0, 0.1) is 0 Å². The molecule has 0 atom stereocenters. The van der Waals surface area contributed by atoms with Gasteiger partial charge in [-0.15, -0.1) is 0 Å². The summed E-state index contributed by atoms with van der Waals surface area (Å²) in [7, 11) is 0. The van der Waals surface area contributed by atoms with Gasteiger partial charge in [0.25, 0.3) is 0 Å². The molecule has 2 aromatic heterocycles.